The van der Waals surface area contributed by atoms with Gasteiger partial charge in [-0.1, -0.05) is 18.9 Å². The molecule has 2 rings (SSSR count). The Labute approximate surface area is 111 Å². The number of carbonyl (C=O) groups is 1. The van der Waals surface area contributed by atoms with E-state index in [0.29, 0.717) is 18.0 Å². The molecule has 2 fully saturated rings. The van der Waals surface area contributed by atoms with E-state index in [1.54, 1.807) is 0 Å². The Morgan fingerprint density at radius 1 is 1.39 bits per heavy atom. The van der Waals surface area contributed by atoms with E-state index < -0.39 is 0 Å². The zero-order chi connectivity index (χ0) is 13.0. The molecule has 2 unspecified atom stereocenters. The van der Waals surface area contributed by atoms with Crippen LogP contribution < -0.4 is 5.32 Å². The van der Waals surface area contributed by atoms with Crippen molar-refractivity contribution in [3.63, 3.8) is 0 Å². The Balaban J connectivity index is 1.99. The Morgan fingerprint density at radius 3 is 2.72 bits per heavy atom. The molecule has 2 aliphatic rings. The first kappa shape index (κ1) is 13.6. The van der Waals surface area contributed by atoms with Crippen molar-refractivity contribution in [2.75, 3.05) is 13.1 Å². The second-order valence-corrected chi connectivity index (χ2v) is 5.79. The molecular weight excluding hydrogens is 224 g/mol. The first-order chi connectivity index (χ1) is 8.72. The van der Waals surface area contributed by atoms with E-state index >= 15 is 0 Å². The van der Waals surface area contributed by atoms with Gasteiger partial charge in [0.05, 0.1) is 0 Å². The molecule has 1 saturated heterocycles. The third-order valence-corrected chi connectivity index (χ3v) is 4.35. The summed E-state index contributed by atoms with van der Waals surface area (Å²) in [5.74, 6) is 0.594. The fourth-order valence-electron chi connectivity index (χ4n) is 3.36. The van der Waals surface area contributed by atoms with Crippen LogP contribution in [0.4, 0.5) is 0 Å². The van der Waals surface area contributed by atoms with Crippen molar-refractivity contribution in [2.24, 2.45) is 5.92 Å². The minimum absolute atomic E-state index is 0.224. The smallest absolute Gasteiger partial charge is 0.226 e. The molecule has 1 aliphatic carbocycles. The van der Waals surface area contributed by atoms with E-state index in [9.17, 15) is 4.79 Å². The normalized spacial score (nSPS) is 29.2. The summed E-state index contributed by atoms with van der Waals surface area (Å²) in [6, 6.07) is 0.947. The minimum atomic E-state index is 0.224. The third-order valence-electron chi connectivity index (χ3n) is 4.35. The van der Waals surface area contributed by atoms with Crippen LogP contribution in [-0.4, -0.2) is 36.0 Å². The first-order valence-corrected chi connectivity index (χ1v) is 7.37. The summed E-state index contributed by atoms with van der Waals surface area (Å²) in [5, 5.41) is 3.42. The lowest BCUT2D eigenvalue weighted by molar-refractivity contribution is -0.138. The highest BCUT2D eigenvalue weighted by Gasteiger charge is 2.32. The van der Waals surface area contributed by atoms with Gasteiger partial charge >= 0.3 is 0 Å². The maximum atomic E-state index is 12.7. The van der Waals surface area contributed by atoms with Gasteiger partial charge in [-0.25, -0.2) is 0 Å². The number of carbonyl (C=O) groups excluding carboxylic acids is 1. The number of rotatable bonds is 4. The van der Waals surface area contributed by atoms with Crippen molar-refractivity contribution >= 4 is 5.91 Å². The molecule has 1 N–H and O–H groups in total. The van der Waals surface area contributed by atoms with Crippen molar-refractivity contribution in [2.45, 2.75) is 57.5 Å². The van der Waals surface area contributed by atoms with Crippen LogP contribution in [-0.2, 0) is 4.79 Å². The summed E-state index contributed by atoms with van der Waals surface area (Å²) < 4.78 is 0. The summed E-state index contributed by atoms with van der Waals surface area (Å²) in [4.78, 5) is 14.8. The molecule has 0 spiro atoms. The lowest BCUT2D eigenvalue weighted by atomic mass is 9.91. The Kier molecular flexibility index (Phi) is 4.81. The molecule has 0 aromatic heterocycles. The van der Waals surface area contributed by atoms with E-state index in [0.717, 1.165) is 25.9 Å². The molecule has 2 atom stereocenters. The van der Waals surface area contributed by atoms with Crippen molar-refractivity contribution in [3.8, 4) is 0 Å². The van der Waals surface area contributed by atoms with Crippen LogP contribution in [0, 0.1) is 5.92 Å². The monoisotopic (exact) mass is 250 g/mol. The number of amides is 1. The maximum Gasteiger partial charge on any atom is 0.226 e. The van der Waals surface area contributed by atoms with Gasteiger partial charge in [-0.2, -0.15) is 0 Å². The largest absolute Gasteiger partial charge is 0.336 e. The van der Waals surface area contributed by atoms with Crippen molar-refractivity contribution in [1.82, 2.24) is 10.2 Å². The van der Waals surface area contributed by atoms with Gasteiger partial charge in [-0.05, 0) is 39.2 Å². The third kappa shape index (κ3) is 3.14. The van der Waals surface area contributed by atoms with Gasteiger partial charge in [-0.15, -0.1) is 6.58 Å². The lowest BCUT2D eigenvalue weighted by Gasteiger charge is -2.35. The van der Waals surface area contributed by atoms with Crippen LogP contribution >= 0.6 is 0 Å². The van der Waals surface area contributed by atoms with Crippen LogP contribution in [0.25, 0.3) is 0 Å². The number of hydrogen-bond acceptors (Lipinski definition) is 2. The topological polar surface area (TPSA) is 32.3 Å². The molecular formula is C15H26N2O. The standard InChI is InChI=1S/C15H26N2O/c1-3-10-17(14-6-4-5-7-14)15(18)13-8-9-16-12(2)11-13/h3,12-14,16H,1,4-11H2,2H3. The molecule has 102 valence electrons. The zero-order valence-corrected chi connectivity index (χ0v) is 11.5. The zero-order valence-electron chi connectivity index (χ0n) is 11.5. The highest BCUT2D eigenvalue weighted by molar-refractivity contribution is 5.79. The molecule has 18 heavy (non-hydrogen) atoms. The molecule has 0 aromatic carbocycles. The second-order valence-electron chi connectivity index (χ2n) is 5.79. The summed E-state index contributed by atoms with van der Waals surface area (Å²) in [6.07, 6.45) is 8.76. The van der Waals surface area contributed by atoms with Gasteiger partial charge < -0.3 is 10.2 Å². The molecule has 0 radical (unpaired) electrons. The highest BCUT2D eigenvalue weighted by Crippen LogP contribution is 2.27. The average molecular weight is 250 g/mol. The van der Waals surface area contributed by atoms with E-state index in [1.165, 1.54) is 25.7 Å². The maximum absolute atomic E-state index is 12.7. The van der Waals surface area contributed by atoms with Crippen LogP contribution in [0.1, 0.15) is 45.4 Å². The first-order valence-electron chi connectivity index (χ1n) is 7.37. The van der Waals surface area contributed by atoms with Crippen molar-refractivity contribution in [1.29, 1.82) is 0 Å². The second kappa shape index (κ2) is 6.37. The predicted molar refractivity (Wildman–Crippen MR) is 74.4 cm³/mol. The highest BCUT2D eigenvalue weighted by atomic mass is 16.2. The fourth-order valence-corrected chi connectivity index (χ4v) is 3.36. The van der Waals surface area contributed by atoms with Crippen LogP contribution in [0.2, 0.25) is 0 Å². The summed E-state index contributed by atoms with van der Waals surface area (Å²) in [5.41, 5.74) is 0. The molecule has 0 aromatic rings. The van der Waals surface area contributed by atoms with Crippen LogP contribution in [0.3, 0.4) is 0 Å². The molecule has 3 heteroatoms. The Hall–Kier alpha value is -0.830. The number of hydrogen-bond donors (Lipinski definition) is 1. The van der Waals surface area contributed by atoms with E-state index in [1.807, 2.05) is 6.08 Å². The molecule has 1 aliphatic heterocycles. The van der Waals surface area contributed by atoms with Crippen LogP contribution in [0.15, 0.2) is 12.7 Å². The quantitative estimate of drug-likeness (QED) is 0.777. The SMILES string of the molecule is C=CCN(C(=O)C1CCNC(C)C1)C1CCCC1. The van der Waals surface area contributed by atoms with Crippen LogP contribution in [0.5, 0.6) is 0 Å². The average Bonchev–Trinajstić information content (AvgIpc) is 2.89. The fraction of sp³-hybridized carbons (Fsp3) is 0.800. The number of piperidine rings is 1. The summed E-state index contributed by atoms with van der Waals surface area (Å²) >= 11 is 0. The van der Waals surface area contributed by atoms with Gasteiger partial charge in [0.2, 0.25) is 5.91 Å². The lowest BCUT2D eigenvalue weighted by Crippen LogP contribution is -2.47. The molecule has 1 saturated carbocycles. The van der Waals surface area contributed by atoms with Crippen molar-refractivity contribution < 1.29 is 4.79 Å². The van der Waals surface area contributed by atoms with E-state index in [2.05, 4.69) is 23.7 Å². The Morgan fingerprint density at radius 2 is 2.11 bits per heavy atom. The molecule has 0 bridgehead atoms. The summed E-state index contributed by atoms with van der Waals surface area (Å²) in [7, 11) is 0. The molecule has 1 amide bonds. The number of nitrogens with one attached hydrogen (secondary N) is 1. The van der Waals surface area contributed by atoms with Gasteiger partial charge in [0.25, 0.3) is 0 Å². The van der Waals surface area contributed by atoms with Crippen molar-refractivity contribution in [3.05, 3.63) is 12.7 Å². The van der Waals surface area contributed by atoms with E-state index in [-0.39, 0.29) is 5.92 Å². The molecule has 1 heterocycles. The van der Waals surface area contributed by atoms with Gasteiger partial charge in [0, 0.05) is 24.5 Å². The Bertz CT molecular complexity index is 297. The predicted octanol–water partition coefficient (Wildman–Crippen LogP) is 2.33. The van der Waals surface area contributed by atoms with Gasteiger partial charge in [0.1, 0.15) is 0 Å². The van der Waals surface area contributed by atoms with Gasteiger partial charge in [0.15, 0.2) is 0 Å². The number of nitrogens with zero attached hydrogens (tertiary/aromatic N) is 1. The van der Waals surface area contributed by atoms with Gasteiger partial charge in [-0.3, -0.25) is 4.79 Å². The molecule has 3 nitrogen and oxygen atoms in total. The van der Waals surface area contributed by atoms with E-state index in [4.69, 9.17) is 0 Å². The summed E-state index contributed by atoms with van der Waals surface area (Å²) in [6.45, 7) is 7.68. The minimum Gasteiger partial charge on any atom is -0.336 e.